The van der Waals surface area contributed by atoms with E-state index in [9.17, 15) is 0 Å². The van der Waals surface area contributed by atoms with Crippen LogP contribution in [0.1, 0.15) is 11.5 Å². The highest BCUT2D eigenvalue weighted by Gasteiger charge is 2.11. The molecule has 2 aromatic heterocycles. The van der Waals surface area contributed by atoms with Gasteiger partial charge in [-0.1, -0.05) is 34.1 Å². The molecule has 0 bridgehead atoms. The highest BCUT2D eigenvalue weighted by molar-refractivity contribution is 6.30. The molecule has 4 aromatic rings. The summed E-state index contributed by atoms with van der Waals surface area (Å²) in [6.07, 6.45) is 0.545. The minimum Gasteiger partial charge on any atom is -0.339 e. The van der Waals surface area contributed by atoms with E-state index in [4.69, 9.17) is 16.1 Å². The van der Waals surface area contributed by atoms with Crippen molar-refractivity contribution in [3.05, 3.63) is 58.9 Å². The van der Waals surface area contributed by atoms with Gasteiger partial charge in [-0.2, -0.15) is 4.98 Å². The van der Waals surface area contributed by atoms with Crippen molar-refractivity contribution in [2.24, 2.45) is 7.05 Å². The third-order valence-electron chi connectivity index (χ3n) is 3.58. The first-order valence-electron chi connectivity index (χ1n) is 7.06. The maximum atomic E-state index is 5.99. The summed E-state index contributed by atoms with van der Waals surface area (Å²) < 4.78 is 7.06. The van der Waals surface area contributed by atoms with Gasteiger partial charge in [0.1, 0.15) is 5.52 Å². The van der Waals surface area contributed by atoms with Crippen molar-refractivity contribution >= 4 is 22.6 Å². The van der Waals surface area contributed by atoms with Crippen LogP contribution in [0, 0.1) is 0 Å². The van der Waals surface area contributed by atoms with E-state index in [0.29, 0.717) is 23.2 Å². The van der Waals surface area contributed by atoms with Crippen molar-refractivity contribution in [2.45, 2.75) is 6.42 Å². The summed E-state index contributed by atoms with van der Waals surface area (Å²) in [6.45, 7) is 0. The van der Waals surface area contributed by atoms with Gasteiger partial charge in [0.05, 0.1) is 11.9 Å². The number of fused-ring (bicyclic) bond motifs is 1. The SMILES string of the molecule is Cn1nnc2ccc(-c3noc(Cc4cccc(Cl)c4)n3)cc21. The van der Waals surface area contributed by atoms with Gasteiger partial charge >= 0.3 is 0 Å². The summed E-state index contributed by atoms with van der Waals surface area (Å²) in [6, 6.07) is 13.3. The van der Waals surface area contributed by atoms with Gasteiger partial charge in [-0.25, -0.2) is 4.68 Å². The first kappa shape index (κ1) is 13.9. The number of halogens is 1. The number of nitrogens with zero attached hydrogens (tertiary/aromatic N) is 5. The lowest BCUT2D eigenvalue weighted by atomic mass is 10.1. The molecule has 0 radical (unpaired) electrons. The number of aromatic nitrogens is 5. The Hall–Kier alpha value is -2.73. The van der Waals surface area contributed by atoms with Crippen LogP contribution in [0.2, 0.25) is 5.02 Å². The zero-order chi connectivity index (χ0) is 15.8. The summed E-state index contributed by atoms with van der Waals surface area (Å²) in [4.78, 5) is 4.46. The van der Waals surface area contributed by atoms with Crippen molar-refractivity contribution in [3.8, 4) is 11.4 Å². The van der Waals surface area contributed by atoms with Crippen LogP contribution in [0.5, 0.6) is 0 Å². The normalized spacial score (nSPS) is 11.2. The first-order valence-corrected chi connectivity index (χ1v) is 7.44. The second-order valence-corrected chi connectivity index (χ2v) is 5.67. The molecule has 0 amide bonds. The first-order chi connectivity index (χ1) is 11.2. The van der Waals surface area contributed by atoms with Crippen LogP contribution in [0.3, 0.4) is 0 Å². The Morgan fingerprint density at radius 1 is 1.17 bits per heavy atom. The number of hydrogen-bond acceptors (Lipinski definition) is 5. The smallest absolute Gasteiger partial charge is 0.231 e. The Kier molecular flexibility index (Phi) is 3.31. The Bertz CT molecular complexity index is 991. The van der Waals surface area contributed by atoms with Crippen LogP contribution in [-0.4, -0.2) is 25.1 Å². The second kappa shape index (κ2) is 5.48. The van der Waals surface area contributed by atoms with E-state index in [-0.39, 0.29) is 0 Å². The maximum absolute atomic E-state index is 5.99. The third-order valence-corrected chi connectivity index (χ3v) is 3.82. The predicted molar refractivity (Wildman–Crippen MR) is 86.1 cm³/mol. The molecule has 0 N–H and O–H groups in total. The molecule has 6 nitrogen and oxygen atoms in total. The summed E-state index contributed by atoms with van der Waals surface area (Å²) in [7, 11) is 1.85. The lowest BCUT2D eigenvalue weighted by Crippen LogP contribution is -1.90. The highest BCUT2D eigenvalue weighted by Crippen LogP contribution is 2.22. The Morgan fingerprint density at radius 2 is 2.09 bits per heavy atom. The average molecular weight is 326 g/mol. The molecule has 0 atom stereocenters. The van der Waals surface area contributed by atoms with Gasteiger partial charge in [0, 0.05) is 17.6 Å². The molecule has 0 saturated carbocycles. The maximum Gasteiger partial charge on any atom is 0.231 e. The van der Waals surface area contributed by atoms with Crippen LogP contribution in [0.15, 0.2) is 47.0 Å². The molecule has 0 aliphatic rings. The Labute approximate surface area is 136 Å². The molecular weight excluding hydrogens is 314 g/mol. The molecule has 23 heavy (non-hydrogen) atoms. The zero-order valence-electron chi connectivity index (χ0n) is 12.3. The summed E-state index contributed by atoms with van der Waals surface area (Å²) in [5.74, 6) is 1.09. The summed E-state index contributed by atoms with van der Waals surface area (Å²) >= 11 is 5.99. The Morgan fingerprint density at radius 3 is 2.96 bits per heavy atom. The minimum atomic E-state index is 0.545. The van der Waals surface area contributed by atoms with Crippen LogP contribution >= 0.6 is 11.6 Å². The molecule has 0 spiro atoms. The fourth-order valence-corrected chi connectivity index (χ4v) is 2.65. The highest BCUT2D eigenvalue weighted by atomic mass is 35.5. The van der Waals surface area contributed by atoms with E-state index >= 15 is 0 Å². The standard InChI is InChI=1S/C16H12ClN5O/c1-22-14-9-11(5-6-13(14)19-21-22)16-18-15(23-20-16)8-10-3-2-4-12(17)7-10/h2-7,9H,8H2,1H3. The van der Waals surface area contributed by atoms with Gasteiger partial charge < -0.3 is 4.52 Å². The van der Waals surface area contributed by atoms with Crippen molar-refractivity contribution < 1.29 is 4.52 Å². The third kappa shape index (κ3) is 2.68. The minimum absolute atomic E-state index is 0.545. The van der Waals surface area contributed by atoms with E-state index in [2.05, 4.69) is 20.5 Å². The number of hydrogen-bond donors (Lipinski definition) is 0. The van der Waals surface area contributed by atoms with Crippen LogP contribution in [-0.2, 0) is 13.5 Å². The van der Waals surface area contributed by atoms with Crippen molar-refractivity contribution in [1.82, 2.24) is 25.1 Å². The van der Waals surface area contributed by atoms with Crippen LogP contribution < -0.4 is 0 Å². The fourth-order valence-electron chi connectivity index (χ4n) is 2.44. The molecule has 0 aliphatic heterocycles. The van der Waals surface area contributed by atoms with E-state index in [1.165, 1.54) is 0 Å². The lowest BCUT2D eigenvalue weighted by molar-refractivity contribution is 0.385. The molecule has 2 aromatic carbocycles. The summed E-state index contributed by atoms with van der Waals surface area (Å²) in [5, 5.41) is 12.8. The summed E-state index contributed by atoms with van der Waals surface area (Å²) in [5.41, 5.74) is 3.64. The average Bonchev–Trinajstić information content (AvgIpc) is 3.15. The van der Waals surface area contributed by atoms with E-state index < -0.39 is 0 Å². The van der Waals surface area contributed by atoms with Gasteiger partial charge in [0.25, 0.3) is 0 Å². The van der Waals surface area contributed by atoms with Crippen molar-refractivity contribution in [3.63, 3.8) is 0 Å². The lowest BCUT2D eigenvalue weighted by Gasteiger charge is -1.97. The molecule has 114 valence electrons. The molecule has 0 aliphatic carbocycles. The molecular formula is C16H12ClN5O. The number of benzene rings is 2. The predicted octanol–water partition coefficient (Wildman–Crippen LogP) is 3.26. The van der Waals surface area contributed by atoms with Gasteiger partial charge in [0.15, 0.2) is 0 Å². The topological polar surface area (TPSA) is 69.6 Å². The largest absolute Gasteiger partial charge is 0.339 e. The fraction of sp³-hybridized carbons (Fsp3) is 0.125. The monoisotopic (exact) mass is 325 g/mol. The van der Waals surface area contributed by atoms with Crippen molar-refractivity contribution in [1.29, 1.82) is 0 Å². The quantitative estimate of drug-likeness (QED) is 0.578. The van der Waals surface area contributed by atoms with Gasteiger partial charge in [-0.3, -0.25) is 0 Å². The van der Waals surface area contributed by atoms with Gasteiger partial charge in [-0.15, -0.1) is 5.10 Å². The van der Waals surface area contributed by atoms with E-state index in [1.807, 2.05) is 49.5 Å². The second-order valence-electron chi connectivity index (χ2n) is 5.23. The van der Waals surface area contributed by atoms with Gasteiger partial charge in [-0.05, 0) is 35.9 Å². The molecule has 2 heterocycles. The Balaban J connectivity index is 1.64. The van der Waals surface area contributed by atoms with E-state index in [1.54, 1.807) is 4.68 Å². The van der Waals surface area contributed by atoms with Gasteiger partial charge in [0.2, 0.25) is 11.7 Å². The molecule has 0 fully saturated rings. The zero-order valence-corrected chi connectivity index (χ0v) is 13.0. The molecule has 0 unspecified atom stereocenters. The number of rotatable bonds is 3. The van der Waals surface area contributed by atoms with Crippen LogP contribution in [0.25, 0.3) is 22.4 Å². The molecule has 0 saturated heterocycles. The molecule has 7 heteroatoms. The van der Waals surface area contributed by atoms with Crippen molar-refractivity contribution in [2.75, 3.05) is 0 Å². The van der Waals surface area contributed by atoms with E-state index in [0.717, 1.165) is 22.2 Å². The van der Waals surface area contributed by atoms with Crippen LogP contribution in [0.4, 0.5) is 0 Å². The molecule has 4 rings (SSSR count). The number of aryl methyl sites for hydroxylation is 1.